The highest BCUT2D eigenvalue weighted by Crippen LogP contribution is 2.19. The minimum Gasteiger partial charge on any atom is -0.479 e. The molecule has 0 aromatic carbocycles. The third kappa shape index (κ3) is 5.01. The number of hydrogen-bond donors (Lipinski definition) is 2. The summed E-state index contributed by atoms with van der Waals surface area (Å²) in [7, 11) is 0. The highest BCUT2D eigenvalue weighted by molar-refractivity contribution is 5.82. The molecule has 0 aromatic rings. The molecule has 104 valence electrons. The number of hydrogen-bond acceptors (Lipinski definition) is 4. The van der Waals surface area contributed by atoms with Crippen molar-refractivity contribution in [1.29, 1.82) is 0 Å². The van der Waals surface area contributed by atoms with Gasteiger partial charge in [0.1, 0.15) is 6.10 Å². The Balaban J connectivity index is 2.09. The van der Waals surface area contributed by atoms with Crippen LogP contribution >= 0.6 is 0 Å². The maximum absolute atomic E-state index is 11.6. The fourth-order valence-electron chi connectivity index (χ4n) is 1.76. The number of carboxylic acids is 1. The van der Waals surface area contributed by atoms with Crippen LogP contribution in [0.3, 0.4) is 0 Å². The molecule has 0 spiro atoms. The Morgan fingerprint density at radius 2 is 2.06 bits per heavy atom. The van der Waals surface area contributed by atoms with Gasteiger partial charge in [0, 0.05) is 19.8 Å². The fraction of sp³-hybridized carbons (Fsp3) is 0.833. The van der Waals surface area contributed by atoms with Crippen LogP contribution in [-0.4, -0.2) is 48.9 Å². The maximum Gasteiger partial charge on any atom is 0.332 e. The zero-order chi connectivity index (χ0) is 13.4. The van der Waals surface area contributed by atoms with E-state index >= 15 is 0 Å². The molecule has 1 aliphatic heterocycles. The van der Waals surface area contributed by atoms with Crippen molar-refractivity contribution in [2.75, 3.05) is 19.8 Å². The second-order valence-electron chi connectivity index (χ2n) is 4.29. The van der Waals surface area contributed by atoms with E-state index in [0.29, 0.717) is 26.0 Å². The van der Waals surface area contributed by atoms with E-state index in [1.54, 1.807) is 0 Å². The first-order valence-electron chi connectivity index (χ1n) is 6.39. The number of carbonyl (C=O) groups excluding carboxylic acids is 1. The van der Waals surface area contributed by atoms with Crippen LogP contribution in [0.5, 0.6) is 0 Å². The van der Waals surface area contributed by atoms with Gasteiger partial charge in [0.2, 0.25) is 5.91 Å². The largest absolute Gasteiger partial charge is 0.479 e. The number of nitrogens with one attached hydrogen (secondary N) is 1. The number of carboxylic acid groups (broad SMARTS) is 1. The van der Waals surface area contributed by atoms with Crippen LogP contribution in [-0.2, 0) is 19.1 Å². The van der Waals surface area contributed by atoms with Crippen molar-refractivity contribution in [3.63, 3.8) is 0 Å². The Labute approximate surface area is 107 Å². The second-order valence-corrected chi connectivity index (χ2v) is 4.29. The highest BCUT2D eigenvalue weighted by Gasteiger charge is 2.34. The summed E-state index contributed by atoms with van der Waals surface area (Å²) in [5.41, 5.74) is 0. The molecule has 1 rings (SSSR count). The van der Waals surface area contributed by atoms with Gasteiger partial charge in [-0.1, -0.05) is 6.92 Å². The summed E-state index contributed by atoms with van der Waals surface area (Å²) in [6, 6.07) is 0. The van der Waals surface area contributed by atoms with Crippen molar-refractivity contribution < 1.29 is 24.2 Å². The molecule has 0 unspecified atom stereocenters. The summed E-state index contributed by atoms with van der Waals surface area (Å²) in [6.07, 6.45) is 1.14. The predicted octanol–water partition coefficient (Wildman–Crippen LogP) is 0.551. The molecule has 1 amide bonds. The van der Waals surface area contributed by atoms with Gasteiger partial charge in [-0.05, 0) is 25.7 Å². The molecule has 0 radical (unpaired) electrons. The van der Waals surface area contributed by atoms with Crippen molar-refractivity contribution >= 4 is 11.9 Å². The molecule has 0 aromatic heterocycles. The third-order valence-corrected chi connectivity index (χ3v) is 2.70. The standard InChI is InChI=1S/C12H21NO5/c1-2-7-17-8-3-6-13-11(14)9-4-5-10(18-9)12(15)16/h9-10H,2-8H2,1H3,(H,13,14)(H,15,16)/t9-,10+/m0/s1. The lowest BCUT2D eigenvalue weighted by Gasteiger charge is -2.11. The van der Waals surface area contributed by atoms with Crippen molar-refractivity contribution in [3.8, 4) is 0 Å². The van der Waals surface area contributed by atoms with Crippen LogP contribution in [0, 0.1) is 0 Å². The minimum absolute atomic E-state index is 0.228. The Kier molecular flexibility index (Phi) is 6.67. The lowest BCUT2D eigenvalue weighted by atomic mass is 10.2. The molecule has 1 aliphatic rings. The molecule has 2 atom stereocenters. The molecule has 6 nitrogen and oxygen atoms in total. The number of ether oxygens (including phenoxy) is 2. The van der Waals surface area contributed by atoms with E-state index in [9.17, 15) is 9.59 Å². The van der Waals surface area contributed by atoms with Crippen LogP contribution in [0.1, 0.15) is 32.6 Å². The highest BCUT2D eigenvalue weighted by atomic mass is 16.5. The van der Waals surface area contributed by atoms with Crippen molar-refractivity contribution in [3.05, 3.63) is 0 Å². The Bertz CT molecular complexity index is 282. The molecular weight excluding hydrogens is 238 g/mol. The lowest BCUT2D eigenvalue weighted by molar-refractivity contribution is -0.151. The molecule has 0 bridgehead atoms. The Morgan fingerprint density at radius 3 is 2.67 bits per heavy atom. The van der Waals surface area contributed by atoms with E-state index in [0.717, 1.165) is 19.4 Å². The van der Waals surface area contributed by atoms with Gasteiger partial charge in [0.15, 0.2) is 6.10 Å². The average Bonchev–Trinajstić information content (AvgIpc) is 2.83. The number of aliphatic carboxylic acids is 1. The van der Waals surface area contributed by atoms with Crippen LogP contribution in [0.2, 0.25) is 0 Å². The van der Waals surface area contributed by atoms with E-state index < -0.39 is 18.2 Å². The molecule has 18 heavy (non-hydrogen) atoms. The van der Waals surface area contributed by atoms with Gasteiger partial charge >= 0.3 is 5.97 Å². The van der Waals surface area contributed by atoms with Gasteiger partial charge in [0.05, 0.1) is 0 Å². The Morgan fingerprint density at radius 1 is 1.33 bits per heavy atom. The number of carbonyl (C=O) groups is 2. The van der Waals surface area contributed by atoms with Crippen molar-refractivity contribution in [2.45, 2.75) is 44.8 Å². The minimum atomic E-state index is -1.00. The molecule has 0 aliphatic carbocycles. The first-order chi connectivity index (χ1) is 8.65. The van der Waals surface area contributed by atoms with E-state index in [4.69, 9.17) is 14.6 Å². The van der Waals surface area contributed by atoms with Crippen LogP contribution in [0.4, 0.5) is 0 Å². The number of amides is 1. The zero-order valence-electron chi connectivity index (χ0n) is 10.7. The topological polar surface area (TPSA) is 84.9 Å². The third-order valence-electron chi connectivity index (χ3n) is 2.70. The van der Waals surface area contributed by atoms with Gasteiger partial charge in [-0.3, -0.25) is 4.79 Å². The fourth-order valence-corrected chi connectivity index (χ4v) is 1.76. The summed E-state index contributed by atoms with van der Waals surface area (Å²) < 4.78 is 10.4. The summed E-state index contributed by atoms with van der Waals surface area (Å²) in [5.74, 6) is -1.23. The van der Waals surface area contributed by atoms with E-state index in [-0.39, 0.29) is 5.91 Å². The smallest absolute Gasteiger partial charge is 0.332 e. The lowest BCUT2D eigenvalue weighted by Crippen LogP contribution is -2.36. The van der Waals surface area contributed by atoms with Crippen LogP contribution < -0.4 is 5.32 Å². The van der Waals surface area contributed by atoms with Gasteiger partial charge in [-0.15, -0.1) is 0 Å². The number of rotatable bonds is 8. The van der Waals surface area contributed by atoms with E-state index in [1.165, 1.54) is 0 Å². The van der Waals surface area contributed by atoms with Crippen LogP contribution in [0.15, 0.2) is 0 Å². The molecule has 1 fully saturated rings. The van der Waals surface area contributed by atoms with E-state index in [1.807, 2.05) is 6.92 Å². The molecule has 2 N–H and O–H groups in total. The van der Waals surface area contributed by atoms with E-state index in [2.05, 4.69) is 5.32 Å². The molecule has 1 heterocycles. The molecule has 1 saturated heterocycles. The van der Waals surface area contributed by atoms with Crippen molar-refractivity contribution in [2.24, 2.45) is 0 Å². The monoisotopic (exact) mass is 259 g/mol. The first kappa shape index (κ1) is 14.9. The molecule has 0 saturated carbocycles. The normalized spacial score (nSPS) is 22.9. The maximum atomic E-state index is 11.6. The zero-order valence-corrected chi connectivity index (χ0v) is 10.7. The summed E-state index contributed by atoms with van der Waals surface area (Å²) >= 11 is 0. The van der Waals surface area contributed by atoms with Gasteiger partial charge in [-0.2, -0.15) is 0 Å². The van der Waals surface area contributed by atoms with Crippen LogP contribution in [0.25, 0.3) is 0 Å². The summed E-state index contributed by atoms with van der Waals surface area (Å²) in [6.45, 7) is 3.93. The Hall–Kier alpha value is -1.14. The molecular formula is C12H21NO5. The van der Waals surface area contributed by atoms with Crippen molar-refractivity contribution in [1.82, 2.24) is 5.32 Å². The van der Waals surface area contributed by atoms with Gasteiger partial charge in [0.25, 0.3) is 0 Å². The van der Waals surface area contributed by atoms with Gasteiger partial charge in [-0.25, -0.2) is 4.79 Å². The summed E-state index contributed by atoms with van der Waals surface area (Å²) in [5, 5.41) is 11.5. The quantitative estimate of drug-likeness (QED) is 0.622. The van der Waals surface area contributed by atoms with Gasteiger partial charge < -0.3 is 19.9 Å². The average molecular weight is 259 g/mol. The second kappa shape index (κ2) is 8.05. The molecule has 6 heteroatoms. The first-order valence-corrected chi connectivity index (χ1v) is 6.39. The SMILES string of the molecule is CCCOCCCNC(=O)[C@@H]1CC[C@H](C(=O)O)O1. The summed E-state index contributed by atoms with van der Waals surface area (Å²) in [4.78, 5) is 22.3. The predicted molar refractivity (Wildman–Crippen MR) is 64.3 cm³/mol.